The lowest BCUT2D eigenvalue weighted by Crippen LogP contribution is -2.36. The van der Waals surface area contributed by atoms with Crippen LogP contribution >= 0.6 is 15.9 Å². The number of amides is 1. The van der Waals surface area contributed by atoms with Gasteiger partial charge in [-0.1, -0.05) is 0 Å². The molecule has 0 spiro atoms. The van der Waals surface area contributed by atoms with Gasteiger partial charge in [-0.2, -0.15) is 0 Å². The van der Waals surface area contributed by atoms with E-state index in [2.05, 4.69) is 15.9 Å². The van der Waals surface area contributed by atoms with Gasteiger partial charge in [0.05, 0.1) is 17.9 Å². The Kier molecular flexibility index (Phi) is 3.63. The number of nitrogen functional groups attached to an aromatic ring is 1. The molecule has 92 valence electrons. The van der Waals surface area contributed by atoms with E-state index in [9.17, 15) is 9.18 Å². The fraction of sp³-hybridized carbons (Fsp3) is 0.364. The standard InChI is InChI=1S/C11H12BrFN2O2/c12-8-6-9(13)10(14)5-7(8)11(16)15-3-1-2-4-17-15/h5-6H,1-4,14H2. The molecule has 4 nitrogen and oxygen atoms in total. The fourth-order valence-corrected chi connectivity index (χ4v) is 2.11. The van der Waals surface area contributed by atoms with Gasteiger partial charge in [0.15, 0.2) is 0 Å². The summed E-state index contributed by atoms with van der Waals surface area (Å²) in [4.78, 5) is 17.3. The second-order valence-electron chi connectivity index (χ2n) is 3.80. The number of hydrogen-bond donors (Lipinski definition) is 1. The van der Waals surface area contributed by atoms with Gasteiger partial charge in [-0.3, -0.25) is 9.63 Å². The molecule has 1 fully saturated rings. The summed E-state index contributed by atoms with van der Waals surface area (Å²) in [5.74, 6) is -0.851. The van der Waals surface area contributed by atoms with Gasteiger partial charge >= 0.3 is 0 Å². The minimum Gasteiger partial charge on any atom is -0.396 e. The minimum absolute atomic E-state index is 0.0476. The van der Waals surface area contributed by atoms with Crippen molar-refractivity contribution >= 4 is 27.5 Å². The van der Waals surface area contributed by atoms with Crippen molar-refractivity contribution in [3.8, 4) is 0 Å². The molecular formula is C11H12BrFN2O2. The first-order valence-corrected chi connectivity index (χ1v) is 6.08. The first-order chi connectivity index (χ1) is 8.09. The van der Waals surface area contributed by atoms with E-state index in [1.165, 1.54) is 17.2 Å². The third-order valence-corrected chi connectivity index (χ3v) is 3.20. The molecule has 0 unspecified atom stereocenters. The number of nitrogens with two attached hydrogens (primary N) is 1. The number of nitrogens with zero attached hydrogens (tertiary/aromatic N) is 1. The Morgan fingerprint density at radius 3 is 2.88 bits per heavy atom. The predicted molar refractivity (Wildman–Crippen MR) is 64.7 cm³/mol. The molecule has 2 rings (SSSR count). The van der Waals surface area contributed by atoms with Crippen LogP contribution in [0.4, 0.5) is 10.1 Å². The van der Waals surface area contributed by atoms with Gasteiger partial charge in [-0.25, -0.2) is 9.45 Å². The smallest absolute Gasteiger partial charge is 0.278 e. The maximum Gasteiger partial charge on any atom is 0.278 e. The molecule has 1 aliphatic heterocycles. The lowest BCUT2D eigenvalue weighted by molar-refractivity contribution is -0.144. The number of hydroxylamine groups is 2. The van der Waals surface area contributed by atoms with Crippen LogP contribution in [0.15, 0.2) is 16.6 Å². The molecule has 1 aromatic carbocycles. The predicted octanol–water partition coefficient (Wildman–Crippen LogP) is 2.34. The van der Waals surface area contributed by atoms with Crippen LogP contribution in [0, 0.1) is 5.82 Å². The topological polar surface area (TPSA) is 55.6 Å². The van der Waals surface area contributed by atoms with Gasteiger partial charge in [-0.15, -0.1) is 0 Å². The second-order valence-corrected chi connectivity index (χ2v) is 4.66. The van der Waals surface area contributed by atoms with Gasteiger partial charge in [-0.05, 0) is 40.9 Å². The zero-order valence-electron chi connectivity index (χ0n) is 9.08. The molecular weight excluding hydrogens is 291 g/mol. The summed E-state index contributed by atoms with van der Waals surface area (Å²) >= 11 is 3.15. The van der Waals surface area contributed by atoms with Crippen LogP contribution in [0.3, 0.4) is 0 Å². The van der Waals surface area contributed by atoms with Crippen molar-refractivity contribution in [2.45, 2.75) is 12.8 Å². The molecule has 6 heteroatoms. The molecule has 1 saturated heterocycles. The van der Waals surface area contributed by atoms with Crippen LogP contribution in [0.25, 0.3) is 0 Å². The number of carbonyl (C=O) groups is 1. The Bertz CT molecular complexity index is 447. The quantitative estimate of drug-likeness (QED) is 0.810. The molecule has 0 saturated carbocycles. The van der Waals surface area contributed by atoms with Crippen LogP contribution in [0.5, 0.6) is 0 Å². The molecule has 0 radical (unpaired) electrons. The maximum atomic E-state index is 13.2. The summed E-state index contributed by atoms with van der Waals surface area (Å²) in [7, 11) is 0. The van der Waals surface area contributed by atoms with Crippen molar-refractivity contribution in [2.75, 3.05) is 18.9 Å². The molecule has 1 amide bonds. The second kappa shape index (κ2) is 5.01. The van der Waals surface area contributed by atoms with Crippen LogP contribution in [0.1, 0.15) is 23.2 Å². The third kappa shape index (κ3) is 2.58. The zero-order chi connectivity index (χ0) is 12.4. The Morgan fingerprint density at radius 1 is 1.47 bits per heavy atom. The number of rotatable bonds is 1. The van der Waals surface area contributed by atoms with Gasteiger partial charge < -0.3 is 5.73 Å². The minimum atomic E-state index is -0.548. The molecule has 0 atom stereocenters. The lowest BCUT2D eigenvalue weighted by atomic mass is 10.1. The average molecular weight is 303 g/mol. The van der Waals surface area contributed by atoms with E-state index in [1.54, 1.807) is 0 Å². The number of carbonyl (C=O) groups excluding carboxylic acids is 1. The van der Waals surface area contributed by atoms with Crippen LogP contribution in [0.2, 0.25) is 0 Å². The number of anilines is 1. The summed E-state index contributed by atoms with van der Waals surface area (Å²) < 4.78 is 13.5. The van der Waals surface area contributed by atoms with E-state index in [0.717, 1.165) is 12.8 Å². The molecule has 0 aromatic heterocycles. The molecule has 1 aliphatic rings. The summed E-state index contributed by atoms with van der Waals surface area (Å²) in [6.07, 6.45) is 1.84. The van der Waals surface area contributed by atoms with Crippen LogP contribution < -0.4 is 5.73 Å². The molecule has 1 heterocycles. The van der Waals surface area contributed by atoms with Crippen molar-refractivity contribution in [1.82, 2.24) is 5.06 Å². The van der Waals surface area contributed by atoms with Crippen LogP contribution in [-0.4, -0.2) is 24.1 Å². The van der Waals surface area contributed by atoms with Gasteiger partial charge in [0.25, 0.3) is 5.91 Å². The number of halogens is 2. The highest BCUT2D eigenvalue weighted by molar-refractivity contribution is 9.10. The van der Waals surface area contributed by atoms with E-state index >= 15 is 0 Å². The van der Waals surface area contributed by atoms with Crippen molar-refractivity contribution in [3.05, 3.63) is 28.0 Å². The monoisotopic (exact) mass is 302 g/mol. The molecule has 0 aliphatic carbocycles. The number of benzene rings is 1. The van der Waals surface area contributed by atoms with E-state index in [0.29, 0.717) is 23.2 Å². The highest BCUT2D eigenvalue weighted by atomic mass is 79.9. The first kappa shape index (κ1) is 12.3. The Labute approximate surface area is 107 Å². The van der Waals surface area contributed by atoms with Gasteiger partial charge in [0.2, 0.25) is 0 Å². The molecule has 1 aromatic rings. The van der Waals surface area contributed by atoms with Crippen molar-refractivity contribution < 1.29 is 14.0 Å². The van der Waals surface area contributed by atoms with Gasteiger partial charge in [0.1, 0.15) is 5.82 Å². The van der Waals surface area contributed by atoms with Crippen molar-refractivity contribution in [2.24, 2.45) is 0 Å². The van der Waals surface area contributed by atoms with E-state index < -0.39 is 5.82 Å². The summed E-state index contributed by atoms with van der Waals surface area (Å²) in [6.45, 7) is 1.07. The van der Waals surface area contributed by atoms with Gasteiger partial charge in [0, 0.05) is 11.0 Å². The highest BCUT2D eigenvalue weighted by Gasteiger charge is 2.22. The average Bonchev–Trinajstić information content (AvgIpc) is 2.34. The zero-order valence-corrected chi connectivity index (χ0v) is 10.7. The molecule has 0 bridgehead atoms. The lowest BCUT2D eigenvalue weighted by Gasteiger charge is -2.26. The SMILES string of the molecule is Nc1cc(C(=O)N2CCCCO2)c(Br)cc1F. The van der Waals surface area contributed by atoms with E-state index in [1.807, 2.05) is 0 Å². The summed E-state index contributed by atoms with van der Waals surface area (Å²) in [5, 5.41) is 1.29. The molecule has 2 N–H and O–H groups in total. The van der Waals surface area contributed by atoms with Crippen molar-refractivity contribution in [1.29, 1.82) is 0 Å². The Hall–Kier alpha value is -1.14. The highest BCUT2D eigenvalue weighted by Crippen LogP contribution is 2.25. The first-order valence-electron chi connectivity index (χ1n) is 5.29. The maximum absolute atomic E-state index is 13.2. The Morgan fingerprint density at radius 2 is 2.24 bits per heavy atom. The van der Waals surface area contributed by atoms with E-state index in [4.69, 9.17) is 10.6 Å². The Balaban J connectivity index is 2.26. The van der Waals surface area contributed by atoms with E-state index in [-0.39, 0.29) is 11.6 Å². The van der Waals surface area contributed by atoms with Crippen molar-refractivity contribution in [3.63, 3.8) is 0 Å². The summed E-state index contributed by atoms with van der Waals surface area (Å²) in [6, 6.07) is 2.51. The molecule has 17 heavy (non-hydrogen) atoms. The summed E-state index contributed by atoms with van der Waals surface area (Å²) in [5.41, 5.74) is 5.71. The largest absolute Gasteiger partial charge is 0.396 e. The normalized spacial score (nSPS) is 16.0. The number of hydrogen-bond acceptors (Lipinski definition) is 3. The fourth-order valence-electron chi connectivity index (χ4n) is 1.62. The van der Waals surface area contributed by atoms with Crippen LogP contribution in [-0.2, 0) is 4.84 Å². The third-order valence-electron chi connectivity index (χ3n) is 2.55.